The van der Waals surface area contributed by atoms with Crippen LogP contribution in [0, 0.1) is 5.82 Å². The van der Waals surface area contributed by atoms with Gasteiger partial charge in [-0.05, 0) is 23.8 Å². The van der Waals surface area contributed by atoms with Crippen LogP contribution in [-0.4, -0.2) is 5.91 Å². The van der Waals surface area contributed by atoms with Crippen LogP contribution in [0.4, 0.5) is 10.1 Å². The van der Waals surface area contributed by atoms with Gasteiger partial charge in [0.25, 0.3) is 0 Å². The topological polar surface area (TPSA) is 29.1 Å². The van der Waals surface area contributed by atoms with Crippen LogP contribution >= 0.6 is 23.2 Å². The summed E-state index contributed by atoms with van der Waals surface area (Å²) in [6.45, 7) is 0. The van der Waals surface area contributed by atoms with Crippen molar-refractivity contribution in [2.24, 2.45) is 0 Å². The molecule has 2 rings (SSSR count). The molecule has 0 aliphatic carbocycles. The predicted molar refractivity (Wildman–Crippen MR) is 75.1 cm³/mol. The summed E-state index contributed by atoms with van der Waals surface area (Å²) in [6.07, 6.45) is 0. The number of benzene rings is 2. The van der Waals surface area contributed by atoms with Crippen molar-refractivity contribution in [1.82, 2.24) is 0 Å². The number of hydrogen-bond acceptors (Lipinski definition) is 1. The quantitative estimate of drug-likeness (QED) is 0.836. The van der Waals surface area contributed by atoms with E-state index in [4.69, 9.17) is 23.2 Å². The molecule has 0 bridgehead atoms. The molecule has 1 amide bonds. The van der Waals surface area contributed by atoms with Gasteiger partial charge in [0.1, 0.15) is 11.2 Å². The standard InChI is InChI=1S/C14H10Cl2FNO/c15-10-6-7-12(11(17)8-10)18-14(19)13(16)9-4-2-1-3-5-9/h1-8,13H,(H,18,19). The van der Waals surface area contributed by atoms with Crippen LogP contribution in [-0.2, 0) is 4.79 Å². The summed E-state index contributed by atoms with van der Waals surface area (Å²) in [4.78, 5) is 11.9. The lowest BCUT2D eigenvalue weighted by Crippen LogP contribution is -2.18. The van der Waals surface area contributed by atoms with Gasteiger partial charge in [0.2, 0.25) is 5.91 Å². The van der Waals surface area contributed by atoms with Crippen LogP contribution in [0.5, 0.6) is 0 Å². The minimum Gasteiger partial charge on any atom is -0.322 e. The molecule has 19 heavy (non-hydrogen) atoms. The molecule has 1 N–H and O–H groups in total. The smallest absolute Gasteiger partial charge is 0.247 e. The number of nitrogens with one attached hydrogen (secondary N) is 1. The second kappa shape index (κ2) is 6.04. The van der Waals surface area contributed by atoms with E-state index in [9.17, 15) is 9.18 Å². The largest absolute Gasteiger partial charge is 0.322 e. The van der Waals surface area contributed by atoms with E-state index in [1.807, 2.05) is 6.07 Å². The molecule has 98 valence electrons. The molecule has 0 heterocycles. The van der Waals surface area contributed by atoms with Gasteiger partial charge in [-0.1, -0.05) is 41.9 Å². The maximum Gasteiger partial charge on any atom is 0.247 e. The summed E-state index contributed by atoms with van der Waals surface area (Å²) in [5.74, 6) is -1.09. The Balaban J connectivity index is 2.13. The van der Waals surface area contributed by atoms with Crippen LogP contribution in [0.1, 0.15) is 10.9 Å². The second-order valence-corrected chi connectivity index (χ2v) is 4.76. The lowest BCUT2D eigenvalue weighted by molar-refractivity contribution is -0.116. The molecule has 0 aromatic heterocycles. The maximum absolute atomic E-state index is 13.5. The number of rotatable bonds is 3. The highest BCUT2D eigenvalue weighted by Gasteiger charge is 2.18. The predicted octanol–water partition coefficient (Wildman–Crippen LogP) is 4.40. The van der Waals surface area contributed by atoms with E-state index in [2.05, 4.69) is 5.32 Å². The molecule has 0 saturated carbocycles. The highest BCUT2D eigenvalue weighted by atomic mass is 35.5. The van der Waals surface area contributed by atoms with Crippen molar-refractivity contribution in [3.8, 4) is 0 Å². The van der Waals surface area contributed by atoms with Gasteiger partial charge >= 0.3 is 0 Å². The molecular formula is C14H10Cl2FNO. The highest BCUT2D eigenvalue weighted by Crippen LogP contribution is 2.24. The van der Waals surface area contributed by atoms with Crippen LogP contribution in [0.3, 0.4) is 0 Å². The van der Waals surface area contributed by atoms with E-state index >= 15 is 0 Å². The van der Waals surface area contributed by atoms with E-state index in [0.717, 1.165) is 6.07 Å². The number of carbonyl (C=O) groups is 1. The van der Waals surface area contributed by atoms with Crippen molar-refractivity contribution >= 4 is 34.8 Å². The van der Waals surface area contributed by atoms with Gasteiger partial charge < -0.3 is 5.32 Å². The van der Waals surface area contributed by atoms with Crippen molar-refractivity contribution in [2.45, 2.75) is 5.38 Å². The number of alkyl halides is 1. The molecule has 1 atom stereocenters. The van der Waals surface area contributed by atoms with Gasteiger partial charge in [0.15, 0.2) is 0 Å². The zero-order valence-electron chi connectivity index (χ0n) is 9.74. The van der Waals surface area contributed by atoms with E-state index in [1.54, 1.807) is 24.3 Å². The first-order chi connectivity index (χ1) is 9.08. The minimum atomic E-state index is -0.878. The fourth-order valence-corrected chi connectivity index (χ4v) is 1.92. The van der Waals surface area contributed by atoms with Crippen molar-refractivity contribution in [1.29, 1.82) is 0 Å². The van der Waals surface area contributed by atoms with Gasteiger partial charge in [0, 0.05) is 5.02 Å². The van der Waals surface area contributed by atoms with E-state index < -0.39 is 17.1 Å². The number of amides is 1. The number of anilines is 1. The number of carbonyl (C=O) groups excluding carboxylic acids is 1. The van der Waals surface area contributed by atoms with Crippen molar-refractivity contribution in [3.05, 3.63) is 64.9 Å². The molecule has 0 radical (unpaired) electrons. The monoisotopic (exact) mass is 297 g/mol. The van der Waals surface area contributed by atoms with Gasteiger partial charge in [-0.25, -0.2) is 4.39 Å². The fraction of sp³-hybridized carbons (Fsp3) is 0.0714. The number of hydrogen-bond donors (Lipinski definition) is 1. The normalized spacial score (nSPS) is 11.9. The Kier molecular flexibility index (Phi) is 4.40. The first-order valence-corrected chi connectivity index (χ1v) is 6.34. The molecule has 0 aliphatic rings. The summed E-state index contributed by atoms with van der Waals surface area (Å²) in [5.41, 5.74) is 0.701. The van der Waals surface area contributed by atoms with E-state index in [-0.39, 0.29) is 10.7 Å². The third-order valence-electron chi connectivity index (χ3n) is 2.51. The molecule has 2 nitrogen and oxygen atoms in total. The fourth-order valence-electron chi connectivity index (χ4n) is 1.56. The zero-order chi connectivity index (χ0) is 13.8. The third kappa shape index (κ3) is 3.46. The molecule has 0 saturated heterocycles. The van der Waals surface area contributed by atoms with E-state index in [0.29, 0.717) is 5.56 Å². The Morgan fingerprint density at radius 3 is 2.47 bits per heavy atom. The zero-order valence-corrected chi connectivity index (χ0v) is 11.3. The van der Waals surface area contributed by atoms with Crippen molar-refractivity contribution in [2.75, 3.05) is 5.32 Å². The van der Waals surface area contributed by atoms with Gasteiger partial charge in [-0.2, -0.15) is 0 Å². The summed E-state index contributed by atoms with van der Waals surface area (Å²) < 4.78 is 13.5. The molecule has 0 fully saturated rings. The third-order valence-corrected chi connectivity index (χ3v) is 3.20. The molecule has 2 aromatic rings. The Hall–Kier alpha value is -1.58. The summed E-state index contributed by atoms with van der Waals surface area (Å²) in [5, 5.41) is 1.82. The SMILES string of the molecule is O=C(Nc1ccc(Cl)cc1F)C(Cl)c1ccccc1. The highest BCUT2D eigenvalue weighted by molar-refractivity contribution is 6.32. The van der Waals surface area contributed by atoms with Gasteiger partial charge in [0.05, 0.1) is 5.69 Å². The molecule has 2 aromatic carbocycles. The Morgan fingerprint density at radius 1 is 1.16 bits per heavy atom. The first kappa shape index (κ1) is 13.8. The van der Waals surface area contributed by atoms with E-state index in [1.165, 1.54) is 12.1 Å². The Bertz CT molecular complexity index is 589. The van der Waals surface area contributed by atoms with Crippen LogP contribution < -0.4 is 5.32 Å². The van der Waals surface area contributed by atoms with Gasteiger partial charge in [-0.15, -0.1) is 11.6 Å². The van der Waals surface area contributed by atoms with Crippen molar-refractivity contribution in [3.63, 3.8) is 0 Å². The summed E-state index contributed by atoms with van der Waals surface area (Å²) >= 11 is 11.7. The van der Waals surface area contributed by atoms with Crippen molar-refractivity contribution < 1.29 is 9.18 Å². The molecule has 5 heteroatoms. The average molecular weight is 298 g/mol. The average Bonchev–Trinajstić information content (AvgIpc) is 2.42. The molecule has 0 spiro atoms. The first-order valence-electron chi connectivity index (χ1n) is 5.53. The molecule has 1 unspecified atom stereocenters. The number of halogens is 3. The molecule has 0 aliphatic heterocycles. The summed E-state index contributed by atoms with van der Waals surface area (Å²) in [7, 11) is 0. The van der Waals surface area contributed by atoms with Crippen LogP contribution in [0.25, 0.3) is 0 Å². The summed E-state index contributed by atoms with van der Waals surface area (Å²) in [6, 6.07) is 12.9. The van der Waals surface area contributed by atoms with Crippen LogP contribution in [0.2, 0.25) is 5.02 Å². The second-order valence-electron chi connectivity index (χ2n) is 3.89. The lowest BCUT2D eigenvalue weighted by Gasteiger charge is -2.11. The Labute approximate surface area is 120 Å². The minimum absolute atomic E-state index is 0.0518. The lowest BCUT2D eigenvalue weighted by atomic mass is 10.1. The Morgan fingerprint density at radius 2 is 1.84 bits per heavy atom. The molecular weight excluding hydrogens is 288 g/mol. The maximum atomic E-state index is 13.5. The van der Waals surface area contributed by atoms with Crippen LogP contribution in [0.15, 0.2) is 48.5 Å². The van der Waals surface area contributed by atoms with Gasteiger partial charge in [-0.3, -0.25) is 4.79 Å².